The molecule has 0 radical (unpaired) electrons. The summed E-state index contributed by atoms with van der Waals surface area (Å²) in [6.07, 6.45) is 2.08. The van der Waals surface area contributed by atoms with Crippen molar-refractivity contribution in [3.63, 3.8) is 0 Å². The molecule has 3 N–H and O–H groups in total. The van der Waals surface area contributed by atoms with E-state index in [1.807, 2.05) is 6.07 Å². The maximum Gasteiger partial charge on any atom is 0.127 e. The summed E-state index contributed by atoms with van der Waals surface area (Å²) in [4.78, 5) is 1.26. The van der Waals surface area contributed by atoms with Gasteiger partial charge in [0.1, 0.15) is 5.82 Å². The topological polar surface area (TPSA) is 38.0 Å². The average molecular weight is 264 g/mol. The van der Waals surface area contributed by atoms with Crippen molar-refractivity contribution in [1.29, 1.82) is 0 Å². The first-order valence-electron chi connectivity index (χ1n) is 6.05. The molecular formula is C14H17FN2S. The fourth-order valence-electron chi connectivity index (χ4n) is 1.96. The Morgan fingerprint density at radius 3 is 2.83 bits per heavy atom. The Balaban J connectivity index is 2.18. The number of nitrogens with one attached hydrogen (secondary N) is 1. The van der Waals surface area contributed by atoms with Crippen molar-refractivity contribution in [3.8, 4) is 0 Å². The van der Waals surface area contributed by atoms with Gasteiger partial charge in [-0.2, -0.15) is 0 Å². The van der Waals surface area contributed by atoms with E-state index in [0.29, 0.717) is 5.69 Å². The van der Waals surface area contributed by atoms with E-state index < -0.39 is 0 Å². The van der Waals surface area contributed by atoms with E-state index in [0.717, 1.165) is 18.5 Å². The van der Waals surface area contributed by atoms with Gasteiger partial charge in [-0.05, 0) is 36.1 Å². The second-order valence-corrected chi connectivity index (χ2v) is 5.25. The maximum absolute atomic E-state index is 13.3. The lowest BCUT2D eigenvalue weighted by Crippen LogP contribution is -2.09. The standard InChI is InChI=1S/C14H17FN2S/c1-2-4-13(14-5-3-6-18-14)17-12-8-10(15)7-11(16)9-12/h3,5-9,13,17H,2,4,16H2,1H3. The summed E-state index contributed by atoms with van der Waals surface area (Å²) in [6.45, 7) is 2.14. The Kier molecular flexibility index (Phi) is 4.20. The molecule has 2 aromatic rings. The highest BCUT2D eigenvalue weighted by Gasteiger charge is 2.12. The molecule has 0 fully saturated rings. The fourth-order valence-corrected chi connectivity index (χ4v) is 2.77. The van der Waals surface area contributed by atoms with Gasteiger partial charge < -0.3 is 11.1 Å². The van der Waals surface area contributed by atoms with Crippen LogP contribution in [0.1, 0.15) is 30.7 Å². The normalized spacial score (nSPS) is 12.3. The highest BCUT2D eigenvalue weighted by atomic mass is 32.1. The molecule has 0 amide bonds. The van der Waals surface area contributed by atoms with Crippen LogP contribution in [0.5, 0.6) is 0 Å². The van der Waals surface area contributed by atoms with Crippen LogP contribution in [-0.4, -0.2) is 0 Å². The first kappa shape index (κ1) is 12.9. The fraction of sp³-hybridized carbons (Fsp3) is 0.286. The Labute approximate surface area is 111 Å². The van der Waals surface area contributed by atoms with Gasteiger partial charge in [-0.3, -0.25) is 0 Å². The number of hydrogen-bond acceptors (Lipinski definition) is 3. The Morgan fingerprint density at radius 1 is 1.39 bits per heavy atom. The Morgan fingerprint density at radius 2 is 2.22 bits per heavy atom. The molecule has 1 heterocycles. The van der Waals surface area contributed by atoms with Gasteiger partial charge in [0.25, 0.3) is 0 Å². The number of benzene rings is 1. The summed E-state index contributed by atoms with van der Waals surface area (Å²) in [7, 11) is 0. The summed E-state index contributed by atoms with van der Waals surface area (Å²) in [5.74, 6) is -0.307. The smallest absolute Gasteiger partial charge is 0.127 e. The van der Waals surface area contributed by atoms with E-state index in [4.69, 9.17) is 5.73 Å². The zero-order valence-electron chi connectivity index (χ0n) is 10.3. The van der Waals surface area contributed by atoms with Crippen molar-refractivity contribution in [2.24, 2.45) is 0 Å². The second kappa shape index (κ2) is 5.87. The van der Waals surface area contributed by atoms with Crippen LogP contribution in [0.25, 0.3) is 0 Å². The number of nitrogens with two attached hydrogens (primary N) is 1. The zero-order valence-corrected chi connectivity index (χ0v) is 11.1. The number of rotatable bonds is 5. The minimum absolute atomic E-state index is 0.219. The van der Waals surface area contributed by atoms with Crippen LogP contribution in [0.2, 0.25) is 0 Å². The van der Waals surface area contributed by atoms with Crippen LogP contribution in [0.4, 0.5) is 15.8 Å². The zero-order chi connectivity index (χ0) is 13.0. The second-order valence-electron chi connectivity index (χ2n) is 4.27. The van der Waals surface area contributed by atoms with Gasteiger partial charge in [-0.25, -0.2) is 4.39 Å². The maximum atomic E-state index is 13.3. The molecular weight excluding hydrogens is 247 g/mol. The molecule has 1 aromatic heterocycles. The minimum atomic E-state index is -0.307. The molecule has 2 nitrogen and oxygen atoms in total. The first-order valence-corrected chi connectivity index (χ1v) is 6.93. The predicted molar refractivity (Wildman–Crippen MR) is 76.4 cm³/mol. The van der Waals surface area contributed by atoms with Crippen LogP contribution in [0.3, 0.4) is 0 Å². The number of thiophene rings is 1. The van der Waals surface area contributed by atoms with Crippen LogP contribution in [0, 0.1) is 5.82 Å². The molecule has 0 aliphatic heterocycles. The molecule has 0 saturated carbocycles. The van der Waals surface area contributed by atoms with Crippen molar-refractivity contribution in [2.75, 3.05) is 11.1 Å². The lowest BCUT2D eigenvalue weighted by Gasteiger charge is -2.18. The van der Waals surface area contributed by atoms with Crippen LogP contribution < -0.4 is 11.1 Å². The van der Waals surface area contributed by atoms with Gasteiger partial charge in [-0.1, -0.05) is 19.4 Å². The van der Waals surface area contributed by atoms with E-state index in [1.165, 1.54) is 17.0 Å². The Hall–Kier alpha value is -1.55. The van der Waals surface area contributed by atoms with Gasteiger partial charge in [0.05, 0.1) is 6.04 Å². The van der Waals surface area contributed by atoms with Gasteiger partial charge in [0.15, 0.2) is 0 Å². The number of nitrogen functional groups attached to an aromatic ring is 1. The third-order valence-corrected chi connectivity index (χ3v) is 3.71. The van der Waals surface area contributed by atoms with Crippen LogP contribution in [0.15, 0.2) is 35.7 Å². The summed E-state index contributed by atoms with van der Waals surface area (Å²) < 4.78 is 13.3. The number of anilines is 2. The first-order chi connectivity index (χ1) is 8.69. The largest absolute Gasteiger partial charge is 0.399 e. The molecule has 1 atom stereocenters. The Bertz CT molecular complexity index is 476. The van der Waals surface area contributed by atoms with Crippen molar-refractivity contribution < 1.29 is 4.39 Å². The molecule has 0 aliphatic rings. The summed E-state index contributed by atoms with van der Waals surface area (Å²) >= 11 is 1.71. The molecule has 2 rings (SSSR count). The summed E-state index contributed by atoms with van der Waals surface area (Å²) in [5.41, 5.74) is 6.83. The van der Waals surface area contributed by atoms with Crippen molar-refractivity contribution in [1.82, 2.24) is 0 Å². The molecule has 1 unspecified atom stereocenters. The monoisotopic (exact) mass is 264 g/mol. The molecule has 0 bridgehead atoms. The highest BCUT2D eigenvalue weighted by Crippen LogP contribution is 2.28. The van der Waals surface area contributed by atoms with Gasteiger partial charge >= 0.3 is 0 Å². The molecule has 0 saturated heterocycles. The minimum Gasteiger partial charge on any atom is -0.399 e. The quantitative estimate of drug-likeness (QED) is 0.784. The SMILES string of the molecule is CCCC(Nc1cc(N)cc(F)c1)c1cccs1. The van der Waals surface area contributed by atoms with Gasteiger partial charge in [0.2, 0.25) is 0 Å². The van der Waals surface area contributed by atoms with E-state index in [2.05, 4.69) is 23.7 Å². The molecule has 96 valence electrons. The highest BCUT2D eigenvalue weighted by molar-refractivity contribution is 7.10. The molecule has 0 spiro atoms. The van der Waals surface area contributed by atoms with Crippen molar-refractivity contribution in [3.05, 3.63) is 46.4 Å². The summed E-state index contributed by atoms with van der Waals surface area (Å²) in [5, 5.41) is 5.41. The molecule has 4 heteroatoms. The van der Waals surface area contributed by atoms with Crippen LogP contribution >= 0.6 is 11.3 Å². The molecule has 0 aliphatic carbocycles. The molecule has 18 heavy (non-hydrogen) atoms. The van der Waals surface area contributed by atoms with Crippen molar-refractivity contribution in [2.45, 2.75) is 25.8 Å². The molecule has 1 aromatic carbocycles. The van der Waals surface area contributed by atoms with Crippen molar-refractivity contribution >= 4 is 22.7 Å². The van der Waals surface area contributed by atoms with Gasteiger partial charge in [-0.15, -0.1) is 11.3 Å². The van der Waals surface area contributed by atoms with E-state index in [9.17, 15) is 4.39 Å². The number of hydrogen-bond donors (Lipinski definition) is 2. The predicted octanol–water partition coefficient (Wildman–Crippen LogP) is 4.42. The third-order valence-electron chi connectivity index (χ3n) is 2.72. The van der Waals surface area contributed by atoms with E-state index in [1.54, 1.807) is 17.4 Å². The van der Waals surface area contributed by atoms with Crippen LogP contribution in [-0.2, 0) is 0 Å². The third kappa shape index (κ3) is 3.23. The lowest BCUT2D eigenvalue weighted by atomic mass is 10.1. The van der Waals surface area contributed by atoms with Gasteiger partial charge in [0, 0.05) is 16.3 Å². The average Bonchev–Trinajstić information content (AvgIpc) is 2.80. The number of halogens is 1. The van der Waals surface area contributed by atoms with E-state index in [-0.39, 0.29) is 11.9 Å². The summed E-state index contributed by atoms with van der Waals surface area (Å²) in [6, 6.07) is 8.92. The van der Waals surface area contributed by atoms with E-state index >= 15 is 0 Å². The lowest BCUT2D eigenvalue weighted by molar-refractivity contribution is 0.627.